The van der Waals surface area contributed by atoms with E-state index < -0.39 is 0 Å². The van der Waals surface area contributed by atoms with Crippen LogP contribution in [0.2, 0.25) is 0 Å². The van der Waals surface area contributed by atoms with Crippen molar-refractivity contribution >= 4 is 0 Å². The van der Waals surface area contributed by atoms with Crippen LogP contribution in [0, 0.1) is 19.7 Å². The van der Waals surface area contributed by atoms with Crippen molar-refractivity contribution in [3.63, 3.8) is 0 Å². The minimum Gasteiger partial charge on any atom is -0.485 e. The maximum Gasteiger partial charge on any atom is 0.163 e. The molecule has 0 aliphatic rings. The van der Waals surface area contributed by atoms with Crippen LogP contribution < -0.4 is 10.5 Å². The summed E-state index contributed by atoms with van der Waals surface area (Å²) in [6.45, 7) is 4.41. The summed E-state index contributed by atoms with van der Waals surface area (Å²) < 4.78 is 20.9. The molecule has 0 aliphatic carbocycles. The number of rotatable bonds is 4. The minimum absolute atomic E-state index is 0.185. The minimum atomic E-state index is -0.278. The smallest absolute Gasteiger partial charge is 0.163 e. The lowest BCUT2D eigenvalue weighted by Crippen LogP contribution is -2.03. The summed E-state index contributed by atoms with van der Waals surface area (Å²) in [5.41, 5.74) is 8.70. The molecule has 2 rings (SSSR count). The summed E-state index contributed by atoms with van der Waals surface area (Å²) in [5.74, 6) is 0.501. The first-order valence-electron chi connectivity index (χ1n) is 6.13. The molecule has 1 aromatic carbocycles. The molecule has 0 unspecified atom stereocenters. The second-order valence-corrected chi connectivity index (χ2v) is 4.54. The molecule has 19 heavy (non-hydrogen) atoms. The van der Waals surface area contributed by atoms with Crippen molar-refractivity contribution in [2.75, 3.05) is 0 Å². The Kier molecular flexibility index (Phi) is 3.85. The van der Waals surface area contributed by atoms with Crippen molar-refractivity contribution in [3.05, 3.63) is 46.5 Å². The van der Waals surface area contributed by atoms with Crippen LogP contribution in [0.25, 0.3) is 0 Å². The standard InChI is InChI=1S/C14H18FN3O/c1-9-14(10(2)18(3)17-9)19-8-11-4-5-13(15)12(6-11)7-16/h4-6H,7-8,16H2,1-3H3. The number of aryl methyl sites for hydroxylation is 2. The molecule has 0 fully saturated rings. The Morgan fingerprint density at radius 2 is 2.11 bits per heavy atom. The van der Waals surface area contributed by atoms with Gasteiger partial charge in [0.2, 0.25) is 0 Å². The molecule has 102 valence electrons. The van der Waals surface area contributed by atoms with E-state index in [1.54, 1.807) is 16.8 Å². The van der Waals surface area contributed by atoms with E-state index in [-0.39, 0.29) is 12.4 Å². The monoisotopic (exact) mass is 263 g/mol. The maximum atomic E-state index is 13.3. The lowest BCUT2D eigenvalue weighted by atomic mass is 10.1. The zero-order chi connectivity index (χ0) is 14.0. The van der Waals surface area contributed by atoms with E-state index in [4.69, 9.17) is 10.5 Å². The zero-order valence-electron chi connectivity index (χ0n) is 11.4. The maximum absolute atomic E-state index is 13.3. The summed E-state index contributed by atoms with van der Waals surface area (Å²) in [6.07, 6.45) is 0. The fourth-order valence-electron chi connectivity index (χ4n) is 1.99. The van der Waals surface area contributed by atoms with Crippen molar-refractivity contribution in [3.8, 4) is 5.75 Å². The second-order valence-electron chi connectivity index (χ2n) is 4.54. The molecule has 0 saturated carbocycles. The highest BCUT2D eigenvalue weighted by atomic mass is 19.1. The van der Waals surface area contributed by atoms with Crippen molar-refractivity contribution in [2.45, 2.75) is 27.0 Å². The molecule has 0 amide bonds. The number of hydrogen-bond donors (Lipinski definition) is 1. The Balaban J connectivity index is 2.14. The van der Waals surface area contributed by atoms with E-state index >= 15 is 0 Å². The van der Waals surface area contributed by atoms with Gasteiger partial charge in [-0.15, -0.1) is 0 Å². The summed E-state index contributed by atoms with van der Waals surface area (Å²) >= 11 is 0. The zero-order valence-corrected chi connectivity index (χ0v) is 11.4. The van der Waals surface area contributed by atoms with Crippen LogP contribution in [-0.2, 0) is 20.2 Å². The third kappa shape index (κ3) is 2.76. The van der Waals surface area contributed by atoms with E-state index in [1.807, 2.05) is 20.9 Å². The van der Waals surface area contributed by atoms with Crippen LogP contribution in [0.1, 0.15) is 22.5 Å². The first-order valence-corrected chi connectivity index (χ1v) is 6.13. The molecule has 4 nitrogen and oxygen atoms in total. The van der Waals surface area contributed by atoms with Crippen LogP contribution in [-0.4, -0.2) is 9.78 Å². The van der Waals surface area contributed by atoms with Gasteiger partial charge in [0, 0.05) is 19.2 Å². The number of nitrogens with zero attached hydrogens (tertiary/aromatic N) is 2. The van der Waals surface area contributed by atoms with Crippen molar-refractivity contribution in [1.82, 2.24) is 9.78 Å². The molecule has 5 heteroatoms. The summed E-state index contributed by atoms with van der Waals surface area (Å²) in [6, 6.07) is 4.86. The molecule has 0 spiro atoms. The van der Waals surface area contributed by atoms with Gasteiger partial charge in [-0.1, -0.05) is 6.07 Å². The highest BCUT2D eigenvalue weighted by molar-refractivity contribution is 5.32. The number of nitrogens with two attached hydrogens (primary N) is 1. The Hall–Kier alpha value is -1.88. The third-order valence-corrected chi connectivity index (χ3v) is 3.16. The van der Waals surface area contributed by atoms with E-state index in [0.717, 1.165) is 22.7 Å². The molecule has 0 aliphatic heterocycles. The predicted molar refractivity (Wildman–Crippen MR) is 71.3 cm³/mol. The molecule has 0 atom stereocenters. The average Bonchev–Trinajstić information content (AvgIpc) is 2.63. The molecule has 0 radical (unpaired) electrons. The molecule has 1 aromatic heterocycles. The van der Waals surface area contributed by atoms with Gasteiger partial charge >= 0.3 is 0 Å². The highest BCUT2D eigenvalue weighted by Gasteiger charge is 2.11. The van der Waals surface area contributed by atoms with Gasteiger partial charge < -0.3 is 10.5 Å². The van der Waals surface area contributed by atoms with E-state index in [0.29, 0.717) is 12.2 Å². The fourth-order valence-corrected chi connectivity index (χ4v) is 1.99. The summed E-state index contributed by atoms with van der Waals surface area (Å²) in [4.78, 5) is 0. The van der Waals surface area contributed by atoms with Gasteiger partial charge in [0.25, 0.3) is 0 Å². The van der Waals surface area contributed by atoms with Crippen LogP contribution in [0.3, 0.4) is 0 Å². The lowest BCUT2D eigenvalue weighted by Gasteiger charge is -2.08. The fraction of sp³-hybridized carbons (Fsp3) is 0.357. The quantitative estimate of drug-likeness (QED) is 0.920. The van der Waals surface area contributed by atoms with Gasteiger partial charge in [-0.3, -0.25) is 4.68 Å². The lowest BCUT2D eigenvalue weighted by molar-refractivity contribution is 0.301. The highest BCUT2D eigenvalue weighted by Crippen LogP contribution is 2.22. The van der Waals surface area contributed by atoms with Crippen molar-refractivity contribution < 1.29 is 9.13 Å². The first-order chi connectivity index (χ1) is 9.02. The number of benzene rings is 1. The predicted octanol–water partition coefficient (Wildman–Crippen LogP) is 2.21. The average molecular weight is 263 g/mol. The Morgan fingerprint density at radius 1 is 1.37 bits per heavy atom. The third-order valence-electron chi connectivity index (χ3n) is 3.16. The topological polar surface area (TPSA) is 53.1 Å². The van der Waals surface area contributed by atoms with Crippen molar-refractivity contribution in [2.24, 2.45) is 12.8 Å². The molecular weight excluding hydrogens is 245 g/mol. The summed E-state index contributed by atoms with van der Waals surface area (Å²) in [5, 5.41) is 4.28. The largest absolute Gasteiger partial charge is 0.485 e. The molecule has 2 N–H and O–H groups in total. The molecule has 0 saturated heterocycles. The Morgan fingerprint density at radius 3 is 2.68 bits per heavy atom. The van der Waals surface area contributed by atoms with E-state index in [9.17, 15) is 4.39 Å². The molecule has 1 heterocycles. The van der Waals surface area contributed by atoms with Gasteiger partial charge in [-0.25, -0.2) is 4.39 Å². The van der Waals surface area contributed by atoms with Crippen LogP contribution >= 0.6 is 0 Å². The van der Waals surface area contributed by atoms with Crippen molar-refractivity contribution in [1.29, 1.82) is 0 Å². The van der Waals surface area contributed by atoms with Gasteiger partial charge in [-0.2, -0.15) is 5.10 Å². The van der Waals surface area contributed by atoms with Gasteiger partial charge in [-0.05, 0) is 31.5 Å². The van der Waals surface area contributed by atoms with Gasteiger partial charge in [0.05, 0.1) is 5.69 Å². The van der Waals surface area contributed by atoms with E-state index in [2.05, 4.69) is 5.10 Å². The van der Waals surface area contributed by atoms with Gasteiger partial charge in [0.1, 0.15) is 18.1 Å². The molecule has 0 bridgehead atoms. The number of aromatic nitrogens is 2. The Labute approximate surface area is 112 Å². The summed E-state index contributed by atoms with van der Waals surface area (Å²) in [7, 11) is 1.87. The SMILES string of the molecule is Cc1nn(C)c(C)c1OCc1ccc(F)c(CN)c1. The number of ether oxygens (including phenoxy) is 1. The van der Waals surface area contributed by atoms with Crippen LogP contribution in [0.15, 0.2) is 18.2 Å². The van der Waals surface area contributed by atoms with Gasteiger partial charge in [0.15, 0.2) is 5.75 Å². The van der Waals surface area contributed by atoms with E-state index in [1.165, 1.54) is 6.07 Å². The first kappa shape index (κ1) is 13.5. The number of halogens is 1. The normalized spacial score (nSPS) is 10.8. The van der Waals surface area contributed by atoms with Crippen LogP contribution in [0.4, 0.5) is 4.39 Å². The number of hydrogen-bond acceptors (Lipinski definition) is 3. The molecule has 2 aromatic rings. The Bertz CT molecular complexity index is 593. The second kappa shape index (κ2) is 5.40. The molecular formula is C14H18FN3O. The van der Waals surface area contributed by atoms with Crippen LogP contribution in [0.5, 0.6) is 5.75 Å².